The van der Waals surface area contributed by atoms with Gasteiger partial charge in [-0.1, -0.05) is 6.82 Å². The van der Waals surface area contributed by atoms with Crippen molar-refractivity contribution in [1.29, 1.82) is 0 Å². The Bertz CT molecular complexity index is 122. The highest BCUT2D eigenvalue weighted by Crippen LogP contribution is 1.78. The molecule has 0 aliphatic heterocycles. The summed E-state index contributed by atoms with van der Waals surface area (Å²) in [5.74, 6) is -1.99. The molecule has 49 valence electrons. The van der Waals surface area contributed by atoms with Crippen LogP contribution in [0.3, 0.4) is 0 Å². The van der Waals surface area contributed by atoms with Gasteiger partial charge in [0.2, 0.25) is 0 Å². The summed E-state index contributed by atoms with van der Waals surface area (Å²) in [6, 6.07) is 0. The predicted molar refractivity (Wildman–Crippen MR) is 29.7 cm³/mol. The number of rotatable bonds is 1. The minimum Gasteiger partial charge on any atom is -0.531 e. The predicted octanol–water partition coefficient (Wildman–Crippen LogP) is -0.630. The van der Waals surface area contributed by atoms with Crippen LogP contribution in [0.1, 0.15) is 0 Å². The van der Waals surface area contributed by atoms with Crippen LogP contribution in [0.2, 0.25) is 6.82 Å². The van der Waals surface area contributed by atoms with Gasteiger partial charge in [-0.05, 0) is 0 Å². The van der Waals surface area contributed by atoms with Gasteiger partial charge in [-0.15, -0.1) is 0 Å². The molecule has 0 bridgehead atoms. The number of esters is 1. The van der Waals surface area contributed by atoms with Gasteiger partial charge < -0.3 is 9.39 Å². The number of methoxy groups -OCH3 is 1. The summed E-state index contributed by atoms with van der Waals surface area (Å²) in [5.41, 5.74) is 0. The maximum Gasteiger partial charge on any atom is 0.415 e. The Balaban J connectivity index is 3.60. The smallest absolute Gasteiger partial charge is 0.415 e. The molecule has 0 aromatic rings. The fourth-order valence-electron chi connectivity index (χ4n) is 0.238. The minimum absolute atomic E-state index is 0.993. The Hall–Kier alpha value is -0.995. The number of ether oxygens (including phenoxy) is 1. The summed E-state index contributed by atoms with van der Waals surface area (Å²) in [6.45, 7) is 1.49. The van der Waals surface area contributed by atoms with E-state index in [4.69, 9.17) is 0 Å². The first kappa shape index (κ1) is 8.00. The molecule has 0 amide bonds. The highest BCUT2D eigenvalue weighted by Gasteiger charge is 2.13. The van der Waals surface area contributed by atoms with Crippen LogP contribution in [0.15, 0.2) is 0 Å². The molecule has 0 heterocycles. The van der Waals surface area contributed by atoms with Crippen molar-refractivity contribution in [3.05, 3.63) is 0 Å². The molecule has 9 heavy (non-hydrogen) atoms. The maximum absolute atomic E-state index is 10.2. The molecule has 0 unspecified atom stereocenters. The van der Waals surface area contributed by atoms with Gasteiger partial charge in [0.1, 0.15) is 0 Å². The molecule has 0 aliphatic carbocycles. The van der Waals surface area contributed by atoms with Crippen LogP contribution in [0.5, 0.6) is 0 Å². The SMILES string of the molecule is C[B]OC(=O)C(=O)OC. The standard InChI is InChI=1S/C4H6BO4/c1-5-9-4(7)3(6)8-2/h1-2H3. The van der Waals surface area contributed by atoms with Gasteiger partial charge >= 0.3 is 19.4 Å². The summed E-state index contributed by atoms with van der Waals surface area (Å²) in [5, 5.41) is 0. The van der Waals surface area contributed by atoms with Gasteiger partial charge in [-0.3, -0.25) is 0 Å². The molecule has 0 aromatic carbocycles. The van der Waals surface area contributed by atoms with E-state index in [0.29, 0.717) is 0 Å². The van der Waals surface area contributed by atoms with Gasteiger partial charge in [-0.2, -0.15) is 0 Å². The van der Waals surface area contributed by atoms with Crippen molar-refractivity contribution in [3.63, 3.8) is 0 Å². The largest absolute Gasteiger partial charge is 0.531 e. The minimum atomic E-state index is -1.00. The van der Waals surface area contributed by atoms with Crippen molar-refractivity contribution >= 4 is 19.4 Å². The molecule has 1 radical (unpaired) electrons. The van der Waals surface area contributed by atoms with E-state index >= 15 is 0 Å². The zero-order valence-corrected chi connectivity index (χ0v) is 5.21. The fourth-order valence-corrected chi connectivity index (χ4v) is 0.238. The molecular formula is C4H6BO4. The van der Waals surface area contributed by atoms with E-state index in [1.807, 2.05) is 0 Å². The third-order valence-electron chi connectivity index (χ3n) is 0.577. The Kier molecular flexibility index (Phi) is 3.51. The summed E-state index contributed by atoms with van der Waals surface area (Å²) < 4.78 is 8.19. The lowest BCUT2D eigenvalue weighted by atomic mass is 10.1. The van der Waals surface area contributed by atoms with E-state index in [-0.39, 0.29) is 0 Å². The molecule has 0 atom stereocenters. The van der Waals surface area contributed by atoms with E-state index in [2.05, 4.69) is 9.39 Å². The normalized spacial score (nSPS) is 7.78. The van der Waals surface area contributed by atoms with E-state index in [0.717, 1.165) is 14.6 Å². The summed E-state index contributed by atoms with van der Waals surface area (Å²) in [6.07, 6.45) is 0. The second-order valence-corrected chi connectivity index (χ2v) is 1.13. The second kappa shape index (κ2) is 3.94. The molecule has 0 aliphatic rings. The summed E-state index contributed by atoms with van der Waals surface area (Å²) >= 11 is 0. The lowest BCUT2D eigenvalue weighted by molar-refractivity contribution is -0.160. The number of carbonyl (C=O) groups is 2. The molecule has 5 heteroatoms. The summed E-state index contributed by atoms with van der Waals surface area (Å²) in [4.78, 5) is 20.4. The number of hydrogen-bond donors (Lipinski definition) is 0. The number of hydrogen-bond acceptors (Lipinski definition) is 4. The van der Waals surface area contributed by atoms with Crippen molar-refractivity contribution in [1.82, 2.24) is 0 Å². The average molecular weight is 129 g/mol. The molecule has 0 spiro atoms. The molecule has 0 saturated heterocycles. The molecule has 0 saturated carbocycles. The van der Waals surface area contributed by atoms with Gasteiger partial charge in [0.25, 0.3) is 0 Å². The van der Waals surface area contributed by atoms with Gasteiger partial charge in [-0.25, -0.2) is 9.59 Å². The van der Waals surface area contributed by atoms with Crippen LogP contribution in [-0.2, 0) is 19.0 Å². The van der Waals surface area contributed by atoms with Crippen LogP contribution < -0.4 is 0 Å². The third kappa shape index (κ3) is 2.74. The first-order valence-corrected chi connectivity index (χ1v) is 2.29. The Morgan fingerprint density at radius 2 is 1.89 bits per heavy atom. The van der Waals surface area contributed by atoms with Crippen LogP contribution in [0.25, 0.3) is 0 Å². The number of carbonyl (C=O) groups excluding carboxylic acids is 2. The quantitative estimate of drug-likeness (QED) is 0.268. The molecule has 0 fully saturated rings. The topological polar surface area (TPSA) is 52.6 Å². The highest BCUT2D eigenvalue weighted by molar-refractivity contribution is 6.39. The lowest BCUT2D eigenvalue weighted by Gasteiger charge is -1.96. The molecule has 4 nitrogen and oxygen atoms in total. The van der Waals surface area contributed by atoms with Crippen molar-refractivity contribution in [2.75, 3.05) is 7.11 Å². The second-order valence-electron chi connectivity index (χ2n) is 1.13. The van der Waals surface area contributed by atoms with Crippen molar-refractivity contribution in [2.45, 2.75) is 6.82 Å². The van der Waals surface area contributed by atoms with E-state index in [1.54, 1.807) is 0 Å². The van der Waals surface area contributed by atoms with Crippen LogP contribution >= 0.6 is 0 Å². The van der Waals surface area contributed by atoms with E-state index in [9.17, 15) is 9.59 Å². The van der Waals surface area contributed by atoms with Crippen molar-refractivity contribution < 1.29 is 19.0 Å². The Morgan fingerprint density at radius 1 is 1.33 bits per heavy atom. The first-order valence-electron chi connectivity index (χ1n) is 2.29. The summed E-state index contributed by atoms with van der Waals surface area (Å²) in [7, 11) is 2.22. The Morgan fingerprint density at radius 3 is 2.22 bits per heavy atom. The van der Waals surface area contributed by atoms with Crippen LogP contribution in [-0.4, -0.2) is 26.5 Å². The fraction of sp³-hybridized carbons (Fsp3) is 0.500. The molecular weight excluding hydrogens is 123 g/mol. The highest BCUT2D eigenvalue weighted by atomic mass is 16.6. The van der Waals surface area contributed by atoms with Crippen molar-refractivity contribution in [2.24, 2.45) is 0 Å². The lowest BCUT2D eigenvalue weighted by Crippen LogP contribution is -2.19. The van der Waals surface area contributed by atoms with Gasteiger partial charge in [0, 0.05) is 0 Å². The maximum atomic E-state index is 10.2. The average Bonchev–Trinajstić information content (AvgIpc) is 1.87. The zero-order valence-electron chi connectivity index (χ0n) is 5.21. The van der Waals surface area contributed by atoms with Crippen molar-refractivity contribution in [3.8, 4) is 0 Å². The third-order valence-corrected chi connectivity index (χ3v) is 0.577. The molecule has 0 aromatic heterocycles. The van der Waals surface area contributed by atoms with Crippen LogP contribution in [0, 0.1) is 0 Å². The van der Waals surface area contributed by atoms with Gasteiger partial charge in [0.05, 0.1) is 7.11 Å². The first-order chi connectivity index (χ1) is 4.22. The molecule has 0 rings (SSSR count). The van der Waals surface area contributed by atoms with Gasteiger partial charge in [0.15, 0.2) is 0 Å². The van der Waals surface area contributed by atoms with E-state index < -0.39 is 11.9 Å². The van der Waals surface area contributed by atoms with E-state index in [1.165, 1.54) is 6.82 Å². The van der Waals surface area contributed by atoms with Crippen LogP contribution in [0.4, 0.5) is 0 Å². The Labute approximate surface area is 53.4 Å². The monoisotopic (exact) mass is 129 g/mol. The molecule has 0 N–H and O–H groups in total. The zero-order chi connectivity index (χ0) is 7.28.